The van der Waals surface area contributed by atoms with Gasteiger partial charge in [0, 0.05) is 26.1 Å². The number of rotatable bonds is 4. The molecule has 1 atom stereocenters. The van der Waals surface area contributed by atoms with Gasteiger partial charge in [0.15, 0.2) is 0 Å². The summed E-state index contributed by atoms with van der Waals surface area (Å²) in [6.07, 6.45) is 2.23. The second-order valence-electron chi connectivity index (χ2n) is 7.78. The van der Waals surface area contributed by atoms with Gasteiger partial charge in [0.05, 0.1) is 12.1 Å². The summed E-state index contributed by atoms with van der Waals surface area (Å²) in [5.74, 6) is 0.904. The van der Waals surface area contributed by atoms with Crippen LogP contribution in [0.5, 0.6) is 0 Å². The zero-order chi connectivity index (χ0) is 20.4. The zero-order valence-electron chi connectivity index (χ0n) is 16.9. The highest BCUT2D eigenvalue weighted by Gasteiger charge is 2.29. The average Bonchev–Trinajstić information content (AvgIpc) is 3.03. The molecule has 0 N–H and O–H groups in total. The monoisotopic (exact) mass is 390 g/mol. The third-order valence-electron chi connectivity index (χ3n) is 5.54. The third-order valence-corrected chi connectivity index (χ3v) is 5.54. The Morgan fingerprint density at radius 1 is 1.14 bits per heavy atom. The van der Waals surface area contributed by atoms with Crippen LogP contribution in [-0.2, 0) is 18.3 Å². The number of hydrogen-bond donors (Lipinski definition) is 0. The summed E-state index contributed by atoms with van der Waals surface area (Å²) in [7, 11) is 1.68. The lowest BCUT2D eigenvalue weighted by Crippen LogP contribution is -2.40. The van der Waals surface area contributed by atoms with Gasteiger partial charge in [-0.1, -0.05) is 48.0 Å². The molecule has 0 saturated carbocycles. The molecule has 2 heterocycles. The van der Waals surface area contributed by atoms with E-state index in [1.807, 2.05) is 60.4 Å². The molecule has 1 fully saturated rings. The van der Waals surface area contributed by atoms with Crippen molar-refractivity contribution in [2.45, 2.75) is 32.1 Å². The number of para-hydroxylation sites is 1. The number of nitrogens with zero attached hydrogens (tertiary/aromatic N) is 4. The van der Waals surface area contributed by atoms with Crippen molar-refractivity contribution in [2.24, 2.45) is 7.05 Å². The van der Waals surface area contributed by atoms with Crippen LogP contribution < -0.4 is 5.69 Å². The minimum absolute atomic E-state index is 0.0410. The fourth-order valence-electron chi connectivity index (χ4n) is 4.09. The van der Waals surface area contributed by atoms with Crippen LogP contribution in [0.1, 0.15) is 35.7 Å². The summed E-state index contributed by atoms with van der Waals surface area (Å²) in [4.78, 5) is 27.5. The van der Waals surface area contributed by atoms with Crippen molar-refractivity contribution >= 4 is 5.91 Å². The predicted octanol–water partition coefficient (Wildman–Crippen LogP) is 2.83. The van der Waals surface area contributed by atoms with Crippen molar-refractivity contribution in [3.63, 3.8) is 0 Å². The first-order valence-corrected chi connectivity index (χ1v) is 10.1. The molecule has 1 amide bonds. The number of hydrogen-bond acceptors (Lipinski definition) is 3. The molecule has 4 rings (SSSR count). The second-order valence-corrected chi connectivity index (χ2v) is 7.78. The van der Waals surface area contributed by atoms with Gasteiger partial charge in [0.2, 0.25) is 5.91 Å². The van der Waals surface area contributed by atoms with Crippen LogP contribution >= 0.6 is 0 Å². The maximum absolute atomic E-state index is 12.9. The van der Waals surface area contributed by atoms with Crippen LogP contribution in [0.15, 0.2) is 59.4 Å². The Labute approximate surface area is 170 Å². The maximum Gasteiger partial charge on any atom is 0.350 e. The number of piperidine rings is 1. The van der Waals surface area contributed by atoms with Crippen LogP contribution in [0.2, 0.25) is 0 Å². The molecule has 0 spiro atoms. The normalized spacial score (nSPS) is 16.8. The molecular formula is C23H26N4O2. The van der Waals surface area contributed by atoms with Crippen LogP contribution in [0, 0.1) is 6.92 Å². The lowest BCUT2D eigenvalue weighted by atomic mass is 9.96. The highest BCUT2D eigenvalue weighted by molar-refractivity contribution is 5.79. The molecule has 1 aliphatic rings. The standard InChI is InChI=1S/C23H26N4O2/c1-17-8-6-9-18(14-17)15-21(28)26-13-7-10-19(16-26)22-24-25(2)23(29)27(22)20-11-4-3-5-12-20/h3-6,8-9,11-12,14,19H,7,10,13,15-16H2,1-2H3. The third kappa shape index (κ3) is 4.01. The van der Waals surface area contributed by atoms with E-state index in [2.05, 4.69) is 11.2 Å². The van der Waals surface area contributed by atoms with E-state index in [0.717, 1.165) is 42.0 Å². The lowest BCUT2D eigenvalue weighted by Gasteiger charge is -2.32. The summed E-state index contributed by atoms with van der Waals surface area (Å²) < 4.78 is 3.06. The fraction of sp³-hybridized carbons (Fsp3) is 0.348. The molecule has 150 valence electrons. The predicted molar refractivity (Wildman–Crippen MR) is 112 cm³/mol. The highest BCUT2D eigenvalue weighted by Crippen LogP contribution is 2.27. The minimum atomic E-state index is -0.158. The van der Waals surface area contributed by atoms with E-state index >= 15 is 0 Å². The van der Waals surface area contributed by atoms with Crippen molar-refractivity contribution in [3.05, 3.63) is 82.0 Å². The van der Waals surface area contributed by atoms with Crippen LogP contribution in [0.25, 0.3) is 5.69 Å². The van der Waals surface area contributed by atoms with Crippen molar-refractivity contribution in [2.75, 3.05) is 13.1 Å². The first-order chi connectivity index (χ1) is 14.0. The van der Waals surface area contributed by atoms with Crippen molar-refractivity contribution in [3.8, 4) is 5.69 Å². The van der Waals surface area contributed by atoms with E-state index in [1.165, 1.54) is 4.68 Å². The minimum Gasteiger partial charge on any atom is -0.342 e. The number of aromatic nitrogens is 3. The van der Waals surface area contributed by atoms with Gasteiger partial charge in [-0.3, -0.25) is 4.79 Å². The van der Waals surface area contributed by atoms with E-state index in [0.29, 0.717) is 13.0 Å². The Balaban J connectivity index is 1.57. The van der Waals surface area contributed by atoms with Gasteiger partial charge >= 0.3 is 5.69 Å². The first kappa shape index (κ1) is 19.2. The summed E-state index contributed by atoms with van der Waals surface area (Å²) in [6.45, 7) is 3.38. The summed E-state index contributed by atoms with van der Waals surface area (Å²) in [6, 6.07) is 17.7. The van der Waals surface area contributed by atoms with E-state index in [1.54, 1.807) is 11.6 Å². The highest BCUT2D eigenvalue weighted by atomic mass is 16.2. The summed E-state index contributed by atoms with van der Waals surface area (Å²) in [5, 5.41) is 4.53. The molecule has 1 saturated heterocycles. The largest absolute Gasteiger partial charge is 0.350 e. The Hall–Kier alpha value is -3.15. The van der Waals surface area contributed by atoms with E-state index < -0.39 is 0 Å². The van der Waals surface area contributed by atoms with Gasteiger partial charge in [-0.05, 0) is 37.5 Å². The zero-order valence-corrected chi connectivity index (χ0v) is 16.9. The number of likely N-dealkylation sites (tertiary alicyclic amines) is 1. The molecule has 0 radical (unpaired) electrons. The molecule has 0 aliphatic carbocycles. The van der Waals surface area contributed by atoms with Crippen LogP contribution in [-0.4, -0.2) is 38.2 Å². The number of benzene rings is 2. The van der Waals surface area contributed by atoms with Crippen LogP contribution in [0.4, 0.5) is 0 Å². The fourth-order valence-corrected chi connectivity index (χ4v) is 4.09. The smallest absolute Gasteiger partial charge is 0.342 e. The molecule has 6 heteroatoms. The van der Waals surface area contributed by atoms with E-state index in [9.17, 15) is 9.59 Å². The first-order valence-electron chi connectivity index (χ1n) is 10.1. The van der Waals surface area contributed by atoms with Crippen molar-refractivity contribution < 1.29 is 4.79 Å². The number of carbonyl (C=O) groups is 1. The Morgan fingerprint density at radius 3 is 2.69 bits per heavy atom. The maximum atomic E-state index is 12.9. The van der Waals surface area contributed by atoms with Gasteiger partial charge in [0.1, 0.15) is 5.82 Å². The van der Waals surface area contributed by atoms with Crippen molar-refractivity contribution in [1.82, 2.24) is 19.2 Å². The van der Waals surface area contributed by atoms with Gasteiger partial charge in [-0.2, -0.15) is 5.10 Å². The Morgan fingerprint density at radius 2 is 1.93 bits per heavy atom. The molecule has 3 aromatic rings. The molecule has 1 unspecified atom stereocenters. The average molecular weight is 390 g/mol. The van der Waals surface area contributed by atoms with E-state index in [-0.39, 0.29) is 17.5 Å². The SMILES string of the molecule is Cc1cccc(CC(=O)N2CCCC(c3nn(C)c(=O)n3-c3ccccc3)C2)c1. The topological polar surface area (TPSA) is 60.1 Å². The molecule has 1 aromatic heterocycles. The van der Waals surface area contributed by atoms with Crippen molar-refractivity contribution in [1.29, 1.82) is 0 Å². The van der Waals surface area contributed by atoms with Gasteiger partial charge < -0.3 is 4.90 Å². The molecule has 29 heavy (non-hydrogen) atoms. The quantitative estimate of drug-likeness (QED) is 0.688. The number of amides is 1. The summed E-state index contributed by atoms with van der Waals surface area (Å²) in [5.41, 5.74) is 2.85. The summed E-state index contributed by atoms with van der Waals surface area (Å²) >= 11 is 0. The molecule has 1 aliphatic heterocycles. The van der Waals surface area contributed by atoms with Gasteiger partial charge in [-0.25, -0.2) is 14.0 Å². The molecule has 2 aromatic carbocycles. The van der Waals surface area contributed by atoms with Gasteiger partial charge in [0.25, 0.3) is 0 Å². The molecule has 0 bridgehead atoms. The lowest BCUT2D eigenvalue weighted by molar-refractivity contribution is -0.131. The second kappa shape index (κ2) is 8.07. The van der Waals surface area contributed by atoms with Crippen LogP contribution in [0.3, 0.4) is 0 Å². The number of aryl methyl sites for hydroxylation is 2. The van der Waals surface area contributed by atoms with E-state index in [4.69, 9.17) is 0 Å². The number of carbonyl (C=O) groups excluding carboxylic acids is 1. The Kier molecular flexibility index (Phi) is 5.34. The van der Waals surface area contributed by atoms with Gasteiger partial charge in [-0.15, -0.1) is 0 Å². The Bertz CT molecular complexity index is 1070. The molecular weight excluding hydrogens is 364 g/mol. The molecule has 6 nitrogen and oxygen atoms in total.